The zero-order chi connectivity index (χ0) is 23.5. The highest BCUT2D eigenvalue weighted by atomic mass is 16.6. The summed E-state index contributed by atoms with van der Waals surface area (Å²) < 4.78 is 7.27. The molecular formula is C23H21N5O5. The summed E-state index contributed by atoms with van der Waals surface area (Å²) in [6.45, 7) is 4.49. The highest BCUT2D eigenvalue weighted by molar-refractivity contribution is 5.95. The average Bonchev–Trinajstić information content (AvgIpc) is 3.24. The van der Waals surface area contributed by atoms with Crippen molar-refractivity contribution >= 4 is 22.6 Å². The molecule has 0 aliphatic rings. The van der Waals surface area contributed by atoms with Crippen molar-refractivity contribution in [3.63, 3.8) is 0 Å². The van der Waals surface area contributed by atoms with Crippen LogP contribution in [0.3, 0.4) is 0 Å². The van der Waals surface area contributed by atoms with E-state index in [0.717, 1.165) is 12.8 Å². The van der Waals surface area contributed by atoms with Crippen molar-refractivity contribution in [3.8, 4) is 22.7 Å². The zero-order valence-corrected chi connectivity index (χ0v) is 18.1. The van der Waals surface area contributed by atoms with Crippen LogP contribution < -0.4 is 4.74 Å². The number of pyridine rings is 1. The fraction of sp³-hybridized carbons (Fsp3) is 0.217. The molecule has 1 N–H and O–H groups in total. The molecule has 2 heterocycles. The molecule has 0 saturated heterocycles. The predicted octanol–water partition coefficient (Wildman–Crippen LogP) is 4.58. The third-order valence-corrected chi connectivity index (χ3v) is 5.11. The first-order valence-electron chi connectivity index (χ1n) is 10.4. The van der Waals surface area contributed by atoms with E-state index < -0.39 is 10.9 Å². The number of nitro benzene ring substituents is 1. The molecule has 0 unspecified atom stereocenters. The fourth-order valence-corrected chi connectivity index (χ4v) is 3.51. The summed E-state index contributed by atoms with van der Waals surface area (Å²) in [5.74, 6) is -0.591. The number of fused-ring (bicyclic) bond motifs is 1. The summed E-state index contributed by atoms with van der Waals surface area (Å²) in [7, 11) is 0. The highest BCUT2D eigenvalue weighted by Crippen LogP contribution is 2.32. The van der Waals surface area contributed by atoms with E-state index in [1.807, 2.05) is 25.1 Å². The first-order chi connectivity index (χ1) is 15.9. The molecule has 0 spiro atoms. The third-order valence-electron chi connectivity index (χ3n) is 5.11. The molecule has 168 valence electrons. The van der Waals surface area contributed by atoms with Gasteiger partial charge < -0.3 is 9.84 Å². The topological polar surface area (TPSA) is 133 Å². The highest BCUT2D eigenvalue weighted by Gasteiger charge is 2.23. The molecule has 10 heteroatoms. The van der Waals surface area contributed by atoms with E-state index in [4.69, 9.17) is 4.74 Å². The summed E-state index contributed by atoms with van der Waals surface area (Å²) in [5.41, 5.74) is 2.25. The number of hydrogen-bond donors (Lipinski definition) is 1. The van der Waals surface area contributed by atoms with E-state index in [0.29, 0.717) is 40.2 Å². The van der Waals surface area contributed by atoms with E-state index in [1.54, 1.807) is 6.07 Å². The maximum Gasteiger partial charge on any atom is 0.358 e. The second-order valence-corrected chi connectivity index (χ2v) is 7.47. The van der Waals surface area contributed by atoms with Crippen LogP contribution >= 0.6 is 0 Å². The third kappa shape index (κ3) is 4.36. The molecule has 33 heavy (non-hydrogen) atoms. The van der Waals surface area contributed by atoms with Crippen LogP contribution in [0.4, 0.5) is 5.69 Å². The Kier molecular flexibility index (Phi) is 5.99. The van der Waals surface area contributed by atoms with Crippen LogP contribution in [0.25, 0.3) is 27.8 Å². The van der Waals surface area contributed by atoms with Gasteiger partial charge in [-0.3, -0.25) is 15.1 Å². The summed E-state index contributed by atoms with van der Waals surface area (Å²) >= 11 is 0. The SMILES string of the molecule is CCCCOc1ccc2nc(C)cc(-n3nnc(C(=O)O)c3-c3ccc([N+](=O)[O-])cc3)c2c1. The second kappa shape index (κ2) is 9.03. The number of carboxylic acid groups (broad SMARTS) is 1. The number of nitro groups is 1. The van der Waals surface area contributed by atoms with Crippen molar-refractivity contribution in [2.24, 2.45) is 0 Å². The van der Waals surface area contributed by atoms with Gasteiger partial charge in [-0.25, -0.2) is 9.48 Å². The van der Waals surface area contributed by atoms with Gasteiger partial charge in [-0.2, -0.15) is 0 Å². The lowest BCUT2D eigenvalue weighted by atomic mass is 10.1. The van der Waals surface area contributed by atoms with E-state index in [2.05, 4.69) is 22.2 Å². The Morgan fingerprint density at radius 2 is 1.94 bits per heavy atom. The molecule has 0 fully saturated rings. The number of aryl methyl sites for hydroxylation is 1. The van der Waals surface area contributed by atoms with E-state index in [9.17, 15) is 20.0 Å². The summed E-state index contributed by atoms with van der Waals surface area (Å²) in [6.07, 6.45) is 1.93. The van der Waals surface area contributed by atoms with Crippen LogP contribution in [0, 0.1) is 17.0 Å². The number of aromatic carboxylic acids is 1. The number of benzene rings is 2. The van der Waals surface area contributed by atoms with Gasteiger partial charge in [-0.1, -0.05) is 18.6 Å². The van der Waals surface area contributed by atoms with Gasteiger partial charge in [0.15, 0.2) is 5.69 Å². The minimum absolute atomic E-state index is 0.103. The van der Waals surface area contributed by atoms with Gasteiger partial charge in [-0.05, 0) is 49.7 Å². The van der Waals surface area contributed by atoms with E-state index >= 15 is 0 Å². The molecule has 10 nitrogen and oxygen atoms in total. The Bertz CT molecular complexity index is 1350. The number of unbranched alkanes of at least 4 members (excludes halogenated alkanes) is 1. The number of ether oxygens (including phenoxy) is 1. The Labute approximate surface area is 188 Å². The Morgan fingerprint density at radius 1 is 1.18 bits per heavy atom. The largest absolute Gasteiger partial charge is 0.494 e. The van der Waals surface area contributed by atoms with Crippen molar-refractivity contribution in [1.29, 1.82) is 0 Å². The first kappa shape index (κ1) is 21.9. The van der Waals surface area contributed by atoms with Gasteiger partial charge in [0.1, 0.15) is 11.4 Å². The Balaban J connectivity index is 1.91. The van der Waals surface area contributed by atoms with Crippen molar-refractivity contribution in [2.75, 3.05) is 6.61 Å². The van der Waals surface area contributed by atoms with Crippen molar-refractivity contribution in [2.45, 2.75) is 26.7 Å². The number of hydrogen-bond acceptors (Lipinski definition) is 7. The molecule has 0 saturated carbocycles. The van der Waals surface area contributed by atoms with E-state index in [-0.39, 0.29) is 17.1 Å². The van der Waals surface area contributed by atoms with Crippen LogP contribution in [0.15, 0.2) is 48.5 Å². The minimum Gasteiger partial charge on any atom is -0.494 e. The normalized spacial score (nSPS) is 11.0. The number of non-ortho nitro benzene ring substituents is 1. The van der Waals surface area contributed by atoms with Crippen molar-refractivity contribution in [3.05, 3.63) is 70.0 Å². The van der Waals surface area contributed by atoms with Gasteiger partial charge in [-0.15, -0.1) is 5.10 Å². The van der Waals surface area contributed by atoms with Crippen LogP contribution in [0.1, 0.15) is 35.9 Å². The van der Waals surface area contributed by atoms with Crippen molar-refractivity contribution < 1.29 is 19.6 Å². The molecule has 0 atom stereocenters. The average molecular weight is 447 g/mol. The molecule has 4 rings (SSSR count). The maximum atomic E-state index is 11.9. The van der Waals surface area contributed by atoms with Crippen LogP contribution in [-0.4, -0.2) is 42.6 Å². The smallest absolute Gasteiger partial charge is 0.358 e. The first-order valence-corrected chi connectivity index (χ1v) is 10.4. The lowest BCUT2D eigenvalue weighted by Gasteiger charge is -2.13. The Morgan fingerprint density at radius 3 is 2.61 bits per heavy atom. The maximum absolute atomic E-state index is 11.9. The van der Waals surface area contributed by atoms with Gasteiger partial charge in [0.2, 0.25) is 0 Å². The number of carbonyl (C=O) groups is 1. The molecule has 0 aliphatic carbocycles. The molecule has 0 aliphatic heterocycles. The van der Waals surface area contributed by atoms with Crippen molar-refractivity contribution in [1.82, 2.24) is 20.0 Å². The summed E-state index contributed by atoms with van der Waals surface area (Å²) in [4.78, 5) is 27.0. The fourth-order valence-electron chi connectivity index (χ4n) is 3.51. The van der Waals surface area contributed by atoms with Gasteiger partial charge in [0, 0.05) is 28.8 Å². The lowest BCUT2D eigenvalue weighted by molar-refractivity contribution is -0.384. The quantitative estimate of drug-likeness (QED) is 0.236. The molecular weight excluding hydrogens is 426 g/mol. The predicted molar refractivity (Wildman–Crippen MR) is 121 cm³/mol. The number of carboxylic acids is 1. The molecule has 2 aromatic heterocycles. The van der Waals surface area contributed by atoms with Gasteiger partial charge in [0.25, 0.3) is 5.69 Å². The summed E-state index contributed by atoms with van der Waals surface area (Å²) in [6, 6.07) is 12.9. The monoisotopic (exact) mass is 447 g/mol. The minimum atomic E-state index is -1.26. The molecule has 0 amide bonds. The molecule has 0 bridgehead atoms. The zero-order valence-electron chi connectivity index (χ0n) is 18.1. The molecule has 0 radical (unpaired) electrons. The molecule has 2 aromatic carbocycles. The van der Waals surface area contributed by atoms with E-state index in [1.165, 1.54) is 28.9 Å². The number of nitrogens with zero attached hydrogens (tertiary/aromatic N) is 5. The number of aromatic nitrogens is 4. The Hall–Kier alpha value is -4.34. The standard InChI is InChI=1S/C23H21N5O5/c1-3-4-11-33-17-9-10-19-18(13-17)20(12-14(2)24-19)27-22(21(23(29)30)25-26-27)15-5-7-16(8-6-15)28(31)32/h5-10,12-13H,3-4,11H2,1-2H3,(H,29,30). The van der Waals surface area contributed by atoms with Crippen LogP contribution in [0.2, 0.25) is 0 Å². The van der Waals surface area contributed by atoms with Crippen LogP contribution in [-0.2, 0) is 0 Å². The number of rotatable bonds is 8. The summed E-state index contributed by atoms with van der Waals surface area (Å²) in [5, 5.41) is 29.4. The lowest BCUT2D eigenvalue weighted by Crippen LogP contribution is -2.05. The molecule has 4 aromatic rings. The van der Waals surface area contributed by atoms with Gasteiger partial charge in [0.05, 0.1) is 22.7 Å². The van der Waals surface area contributed by atoms with Crippen LogP contribution in [0.5, 0.6) is 5.75 Å². The second-order valence-electron chi connectivity index (χ2n) is 7.47. The van der Waals surface area contributed by atoms with Gasteiger partial charge >= 0.3 is 5.97 Å².